The summed E-state index contributed by atoms with van der Waals surface area (Å²) in [5, 5.41) is 2.96. The van der Waals surface area contributed by atoms with E-state index in [1.807, 2.05) is 36.4 Å². The molecule has 164 valence electrons. The van der Waals surface area contributed by atoms with Crippen LogP contribution in [0.15, 0.2) is 48.5 Å². The molecule has 2 aromatic heterocycles. The molecule has 2 aliphatic heterocycles. The Kier molecular flexibility index (Phi) is 4.75. The molecule has 0 spiro atoms. The minimum Gasteiger partial charge on any atom is -0.333 e. The topological polar surface area (TPSA) is 66.4 Å². The number of nitrogens with zero attached hydrogens (tertiary/aromatic N) is 4. The third-order valence-corrected chi connectivity index (χ3v) is 6.75. The number of amides is 2. The van der Waals surface area contributed by atoms with E-state index >= 15 is 0 Å². The molecule has 0 atom stereocenters. The average molecular weight is 477 g/mol. The summed E-state index contributed by atoms with van der Waals surface area (Å²) in [6.07, 6.45) is 0.677. The maximum absolute atomic E-state index is 12.9. The van der Waals surface area contributed by atoms with Gasteiger partial charge in [0.15, 0.2) is 0 Å². The predicted molar refractivity (Wildman–Crippen MR) is 128 cm³/mol. The van der Waals surface area contributed by atoms with Gasteiger partial charge in [-0.1, -0.05) is 23.2 Å². The van der Waals surface area contributed by atoms with E-state index in [1.165, 1.54) is 0 Å². The Hall–Kier alpha value is -3.22. The lowest BCUT2D eigenvalue weighted by Crippen LogP contribution is -2.30. The van der Waals surface area contributed by atoms with Crippen LogP contribution in [0.2, 0.25) is 10.0 Å². The molecule has 0 radical (unpaired) electrons. The summed E-state index contributed by atoms with van der Waals surface area (Å²) < 4.78 is 0. The second-order valence-electron chi connectivity index (χ2n) is 8.45. The predicted octanol–water partition coefficient (Wildman–Crippen LogP) is 5.09. The van der Waals surface area contributed by atoms with Crippen LogP contribution in [0.1, 0.15) is 38.5 Å². The summed E-state index contributed by atoms with van der Waals surface area (Å²) in [4.78, 5) is 38.7. The van der Waals surface area contributed by atoms with E-state index in [2.05, 4.69) is 9.97 Å². The van der Waals surface area contributed by atoms with E-state index in [1.54, 1.807) is 21.9 Å². The molecular formula is C25H18Cl2N4O2. The van der Waals surface area contributed by atoms with Gasteiger partial charge < -0.3 is 9.80 Å². The first-order chi connectivity index (χ1) is 16.0. The van der Waals surface area contributed by atoms with Crippen LogP contribution < -0.4 is 0 Å². The van der Waals surface area contributed by atoms with Gasteiger partial charge in [-0.05, 0) is 55.0 Å². The average Bonchev–Trinajstić information content (AvgIpc) is 3.27. The second-order valence-corrected chi connectivity index (χ2v) is 9.32. The molecule has 6 nitrogen and oxygen atoms in total. The third-order valence-electron chi connectivity index (χ3n) is 6.28. The van der Waals surface area contributed by atoms with Crippen LogP contribution in [0.25, 0.3) is 21.8 Å². The molecule has 0 saturated heterocycles. The molecule has 0 bridgehead atoms. The summed E-state index contributed by atoms with van der Waals surface area (Å²) in [7, 11) is 0. The van der Waals surface area contributed by atoms with Crippen LogP contribution in [0.3, 0.4) is 0 Å². The van der Waals surface area contributed by atoms with Crippen LogP contribution in [0, 0.1) is 0 Å². The number of carbonyl (C=O) groups is 2. The largest absolute Gasteiger partial charge is 0.333 e. The van der Waals surface area contributed by atoms with Crippen molar-refractivity contribution in [2.75, 3.05) is 13.1 Å². The maximum atomic E-state index is 12.9. The normalized spacial score (nSPS) is 15.1. The summed E-state index contributed by atoms with van der Waals surface area (Å²) in [6, 6.07) is 14.7. The first kappa shape index (κ1) is 20.4. The summed E-state index contributed by atoms with van der Waals surface area (Å²) in [5.74, 6) is -0.0552. The molecule has 0 fully saturated rings. The first-order valence-corrected chi connectivity index (χ1v) is 11.5. The van der Waals surface area contributed by atoms with Crippen molar-refractivity contribution in [1.82, 2.24) is 19.8 Å². The zero-order valence-electron chi connectivity index (χ0n) is 17.5. The zero-order valence-corrected chi connectivity index (χ0v) is 19.0. The number of fused-ring (bicyclic) bond motifs is 4. The lowest BCUT2D eigenvalue weighted by molar-refractivity contribution is 0.0740. The van der Waals surface area contributed by atoms with Crippen molar-refractivity contribution in [2.24, 2.45) is 0 Å². The van der Waals surface area contributed by atoms with Gasteiger partial charge in [-0.25, -0.2) is 0 Å². The lowest BCUT2D eigenvalue weighted by atomic mass is 10.1. The van der Waals surface area contributed by atoms with Gasteiger partial charge in [0.2, 0.25) is 0 Å². The van der Waals surface area contributed by atoms with Crippen molar-refractivity contribution >= 4 is 56.8 Å². The highest BCUT2D eigenvalue weighted by molar-refractivity contribution is 6.31. The first-order valence-electron chi connectivity index (χ1n) is 10.7. The number of benzene rings is 2. The van der Waals surface area contributed by atoms with Gasteiger partial charge >= 0.3 is 0 Å². The summed E-state index contributed by atoms with van der Waals surface area (Å²) >= 11 is 12.2. The number of hydrogen-bond donors (Lipinski definition) is 0. The molecule has 2 aromatic carbocycles. The van der Waals surface area contributed by atoms with Crippen LogP contribution in [0.5, 0.6) is 0 Å². The number of pyridine rings is 2. The molecular weight excluding hydrogens is 459 g/mol. The highest BCUT2D eigenvalue weighted by Gasteiger charge is 2.31. The Morgan fingerprint density at radius 1 is 0.697 bits per heavy atom. The Balaban J connectivity index is 1.13. The SMILES string of the molecule is O=C1c2cc3cc(Cl)ccc3nc2CN1CCCN1Cc2nc3ccc(Cl)cc3cc2C1=O. The van der Waals surface area contributed by atoms with Crippen molar-refractivity contribution in [1.29, 1.82) is 0 Å². The van der Waals surface area contributed by atoms with Crippen molar-refractivity contribution < 1.29 is 9.59 Å². The van der Waals surface area contributed by atoms with Gasteiger partial charge in [0.05, 0.1) is 46.6 Å². The molecule has 6 rings (SSSR count). The molecule has 8 heteroatoms. The van der Waals surface area contributed by atoms with Gasteiger partial charge in [0, 0.05) is 33.9 Å². The Morgan fingerprint density at radius 3 is 1.61 bits per heavy atom. The quantitative estimate of drug-likeness (QED) is 0.411. The van der Waals surface area contributed by atoms with Crippen LogP contribution in [0.4, 0.5) is 0 Å². The highest BCUT2D eigenvalue weighted by Crippen LogP contribution is 2.29. The molecule has 4 aromatic rings. The number of halogens is 2. The standard InChI is InChI=1S/C25H18Cl2N4O2/c26-16-2-4-20-14(8-16)10-18-22(28-20)12-30(24(18)32)6-1-7-31-13-23-19(25(31)33)11-15-9-17(27)3-5-21(15)29-23/h2-5,8-11H,1,6-7,12-13H2. The zero-order chi connectivity index (χ0) is 22.7. The molecule has 2 amide bonds. The van der Waals surface area contributed by atoms with E-state index in [9.17, 15) is 9.59 Å². The Bertz CT molecular complexity index is 1380. The van der Waals surface area contributed by atoms with E-state index in [0.717, 1.165) is 33.2 Å². The Labute approximate surface area is 199 Å². The fourth-order valence-corrected chi connectivity index (χ4v) is 5.01. The van der Waals surface area contributed by atoms with E-state index in [-0.39, 0.29) is 11.8 Å². The van der Waals surface area contributed by atoms with E-state index in [4.69, 9.17) is 23.2 Å². The van der Waals surface area contributed by atoms with Crippen molar-refractivity contribution in [3.05, 3.63) is 81.1 Å². The van der Waals surface area contributed by atoms with Crippen molar-refractivity contribution in [3.63, 3.8) is 0 Å². The smallest absolute Gasteiger partial charge is 0.256 e. The molecule has 0 aliphatic carbocycles. The van der Waals surface area contributed by atoms with Gasteiger partial charge in [-0.15, -0.1) is 0 Å². The number of aromatic nitrogens is 2. The van der Waals surface area contributed by atoms with Gasteiger partial charge in [0.25, 0.3) is 11.8 Å². The van der Waals surface area contributed by atoms with Crippen molar-refractivity contribution in [3.8, 4) is 0 Å². The van der Waals surface area contributed by atoms with Crippen molar-refractivity contribution in [2.45, 2.75) is 19.5 Å². The van der Waals surface area contributed by atoms with Gasteiger partial charge in [-0.2, -0.15) is 0 Å². The van der Waals surface area contributed by atoms with E-state index < -0.39 is 0 Å². The number of carbonyl (C=O) groups excluding carboxylic acids is 2. The van der Waals surface area contributed by atoms with Gasteiger partial charge in [-0.3, -0.25) is 19.6 Å². The molecule has 0 unspecified atom stereocenters. The molecule has 4 heterocycles. The fraction of sp³-hybridized carbons (Fsp3) is 0.200. The molecule has 0 saturated carbocycles. The van der Waals surface area contributed by atoms with Gasteiger partial charge in [0.1, 0.15) is 0 Å². The number of rotatable bonds is 4. The van der Waals surface area contributed by atoms with Crippen LogP contribution in [-0.4, -0.2) is 44.7 Å². The Morgan fingerprint density at radius 2 is 1.15 bits per heavy atom. The van der Waals surface area contributed by atoms with E-state index in [0.29, 0.717) is 53.8 Å². The fourth-order valence-electron chi connectivity index (χ4n) is 4.65. The molecule has 33 heavy (non-hydrogen) atoms. The van der Waals surface area contributed by atoms with Crippen LogP contribution in [-0.2, 0) is 13.1 Å². The third kappa shape index (κ3) is 3.50. The lowest BCUT2D eigenvalue weighted by Gasteiger charge is -2.19. The molecule has 2 aliphatic rings. The summed E-state index contributed by atoms with van der Waals surface area (Å²) in [6.45, 7) is 2.07. The monoisotopic (exact) mass is 476 g/mol. The minimum atomic E-state index is -0.0276. The second kappa shape index (κ2) is 7.68. The maximum Gasteiger partial charge on any atom is 0.256 e. The number of hydrogen-bond acceptors (Lipinski definition) is 4. The minimum absolute atomic E-state index is 0.0276. The van der Waals surface area contributed by atoms with Crippen LogP contribution >= 0.6 is 23.2 Å². The summed E-state index contributed by atoms with van der Waals surface area (Å²) in [5.41, 5.74) is 4.49. The molecule has 0 N–H and O–H groups in total. The highest BCUT2D eigenvalue weighted by atomic mass is 35.5.